The number of allylic oxidation sites excluding steroid dienone is 4. The highest BCUT2D eigenvalue weighted by atomic mass is 35.5. The summed E-state index contributed by atoms with van der Waals surface area (Å²) in [5.41, 5.74) is 3.03. The lowest BCUT2D eigenvalue weighted by Crippen LogP contribution is -2.38. The van der Waals surface area contributed by atoms with E-state index in [0.717, 1.165) is 30.2 Å². The third-order valence-corrected chi connectivity index (χ3v) is 5.80. The van der Waals surface area contributed by atoms with E-state index in [0.29, 0.717) is 29.7 Å². The molecular weight excluding hydrogens is 393 g/mol. The van der Waals surface area contributed by atoms with Crippen molar-refractivity contribution in [2.45, 2.75) is 26.2 Å². The Morgan fingerprint density at radius 2 is 1.93 bits per heavy atom. The van der Waals surface area contributed by atoms with Crippen LogP contribution in [0.25, 0.3) is 0 Å². The van der Waals surface area contributed by atoms with Crippen LogP contribution in [0.2, 0.25) is 5.02 Å². The van der Waals surface area contributed by atoms with Crippen LogP contribution in [-0.4, -0.2) is 42.0 Å². The van der Waals surface area contributed by atoms with E-state index >= 15 is 0 Å². The number of carbonyl (C=O) groups is 1. The summed E-state index contributed by atoms with van der Waals surface area (Å²) >= 11 is 12.6. The second-order valence-corrected chi connectivity index (χ2v) is 8.03. The Balaban J connectivity index is 1.71. The first-order chi connectivity index (χ1) is 13.5. The predicted octanol–water partition coefficient (Wildman–Crippen LogP) is 5.87. The maximum Gasteiger partial charge on any atom is 0.321 e. The summed E-state index contributed by atoms with van der Waals surface area (Å²) < 4.78 is 0. The molecule has 0 spiro atoms. The second-order valence-electron chi connectivity index (χ2n) is 7.19. The Bertz CT molecular complexity index is 799. The van der Waals surface area contributed by atoms with Gasteiger partial charge in [-0.15, -0.1) is 0 Å². The highest BCUT2D eigenvalue weighted by Crippen LogP contribution is 2.41. The van der Waals surface area contributed by atoms with Gasteiger partial charge in [-0.05, 0) is 55.9 Å². The minimum absolute atomic E-state index is 0.0992. The van der Waals surface area contributed by atoms with Crippen LogP contribution < -0.4 is 5.32 Å². The zero-order chi connectivity index (χ0) is 20.1. The number of rotatable bonds is 5. The number of benzene rings is 1. The molecule has 4 nitrogen and oxygen atoms in total. The normalized spacial score (nSPS) is 19.0. The highest BCUT2D eigenvalue weighted by Gasteiger charge is 2.30. The zero-order valence-corrected chi connectivity index (χ0v) is 17.8. The van der Waals surface area contributed by atoms with Gasteiger partial charge >= 0.3 is 6.03 Å². The molecule has 2 amide bonds. The van der Waals surface area contributed by atoms with Crippen molar-refractivity contribution < 1.29 is 4.79 Å². The van der Waals surface area contributed by atoms with Crippen molar-refractivity contribution >= 4 is 34.9 Å². The number of nitrogens with one attached hydrogen (secondary N) is 1. The summed E-state index contributed by atoms with van der Waals surface area (Å²) in [6, 6.07) is 7.11. The highest BCUT2D eigenvalue weighted by molar-refractivity contribution is 6.32. The van der Waals surface area contributed by atoms with Crippen LogP contribution in [0.15, 0.2) is 59.3 Å². The molecule has 1 aliphatic carbocycles. The molecule has 1 aromatic rings. The summed E-state index contributed by atoms with van der Waals surface area (Å²) in [4.78, 5) is 16.9. The Morgan fingerprint density at radius 3 is 2.57 bits per heavy atom. The molecule has 1 N–H and O–H groups in total. The molecule has 150 valence electrons. The van der Waals surface area contributed by atoms with E-state index < -0.39 is 0 Å². The van der Waals surface area contributed by atoms with Crippen molar-refractivity contribution in [1.29, 1.82) is 0 Å². The van der Waals surface area contributed by atoms with E-state index in [2.05, 4.69) is 16.8 Å². The molecule has 0 radical (unpaired) electrons. The Morgan fingerprint density at radius 1 is 1.21 bits per heavy atom. The first-order valence-electron chi connectivity index (χ1n) is 9.78. The van der Waals surface area contributed by atoms with Crippen molar-refractivity contribution in [3.63, 3.8) is 0 Å². The summed E-state index contributed by atoms with van der Waals surface area (Å²) in [7, 11) is 0. The largest absolute Gasteiger partial charge is 0.368 e. The summed E-state index contributed by atoms with van der Waals surface area (Å²) in [5, 5.41) is 4.31. The van der Waals surface area contributed by atoms with Crippen molar-refractivity contribution in [1.82, 2.24) is 9.80 Å². The fraction of sp³-hybridized carbons (Fsp3) is 0.409. The molecule has 1 saturated heterocycles. The summed E-state index contributed by atoms with van der Waals surface area (Å²) in [6.07, 6.45) is 7.17. The lowest BCUT2D eigenvalue weighted by atomic mass is 10.1. The molecule has 2 fully saturated rings. The Hall–Kier alpha value is -1.91. The smallest absolute Gasteiger partial charge is 0.321 e. The van der Waals surface area contributed by atoms with E-state index in [4.69, 9.17) is 23.2 Å². The van der Waals surface area contributed by atoms with Gasteiger partial charge in [-0.3, -0.25) is 0 Å². The van der Waals surface area contributed by atoms with Gasteiger partial charge in [0.05, 0.1) is 10.7 Å². The van der Waals surface area contributed by atoms with Crippen LogP contribution in [0.5, 0.6) is 0 Å². The minimum Gasteiger partial charge on any atom is -0.368 e. The van der Waals surface area contributed by atoms with Crippen molar-refractivity contribution in [2.75, 3.05) is 31.5 Å². The number of nitrogens with zero attached hydrogens (tertiary/aromatic N) is 2. The van der Waals surface area contributed by atoms with Gasteiger partial charge < -0.3 is 15.1 Å². The van der Waals surface area contributed by atoms with Gasteiger partial charge in [0.25, 0.3) is 0 Å². The van der Waals surface area contributed by atoms with Crippen molar-refractivity contribution in [3.05, 3.63) is 64.3 Å². The van der Waals surface area contributed by atoms with Crippen LogP contribution in [0.4, 0.5) is 10.5 Å². The topological polar surface area (TPSA) is 35.6 Å². The van der Waals surface area contributed by atoms with Crippen molar-refractivity contribution in [3.8, 4) is 0 Å². The van der Waals surface area contributed by atoms with Gasteiger partial charge in [-0.2, -0.15) is 0 Å². The first kappa shape index (κ1) is 20.8. The van der Waals surface area contributed by atoms with Crippen LogP contribution in [0.1, 0.15) is 26.2 Å². The number of hydrogen-bond acceptors (Lipinski definition) is 2. The number of anilines is 1. The molecule has 1 saturated carbocycles. The predicted molar refractivity (Wildman–Crippen MR) is 118 cm³/mol. The lowest BCUT2D eigenvalue weighted by Gasteiger charge is -2.28. The van der Waals surface area contributed by atoms with Gasteiger partial charge in [-0.1, -0.05) is 48.0 Å². The molecule has 6 heteroatoms. The quantitative estimate of drug-likeness (QED) is 0.605. The monoisotopic (exact) mass is 419 g/mol. The molecule has 3 rings (SSSR count). The van der Waals surface area contributed by atoms with E-state index in [9.17, 15) is 4.79 Å². The molecule has 28 heavy (non-hydrogen) atoms. The van der Waals surface area contributed by atoms with Crippen LogP contribution in [0, 0.1) is 5.92 Å². The van der Waals surface area contributed by atoms with Crippen LogP contribution in [0.3, 0.4) is 0 Å². The number of hydrogen-bond donors (Lipinski definition) is 1. The molecule has 1 aromatic carbocycles. The molecule has 0 bridgehead atoms. The number of carbonyl (C=O) groups excluding carboxylic acids is 1. The van der Waals surface area contributed by atoms with Gasteiger partial charge in [0.1, 0.15) is 0 Å². The fourth-order valence-corrected chi connectivity index (χ4v) is 3.99. The standard InChI is InChI=1S/C22H27Cl2N3O/c1-3-19(16-9-10-16)21(20(24)4-2)26-11-6-12-27(14-13-26)22(28)25-18-8-5-7-17(23)15-18/h3-5,7-8,15-16H,1,6,9-14H2,2H3,(H,25,28)/b20-4+,21-19-. The summed E-state index contributed by atoms with van der Waals surface area (Å²) in [6.45, 7) is 8.93. The molecule has 0 unspecified atom stereocenters. The maximum atomic E-state index is 12.7. The van der Waals surface area contributed by atoms with Gasteiger partial charge in [0, 0.05) is 36.9 Å². The lowest BCUT2D eigenvalue weighted by molar-refractivity contribution is 0.213. The Kier molecular flexibility index (Phi) is 7.08. The van der Waals surface area contributed by atoms with Crippen LogP contribution in [-0.2, 0) is 0 Å². The first-order valence-corrected chi connectivity index (χ1v) is 10.5. The average Bonchev–Trinajstić information content (AvgIpc) is 3.52. The molecular formula is C22H27Cl2N3O. The number of amides is 2. The third-order valence-electron chi connectivity index (χ3n) is 5.17. The fourth-order valence-electron chi connectivity index (χ4n) is 3.57. The van der Waals surface area contributed by atoms with E-state index in [1.165, 1.54) is 18.4 Å². The van der Waals surface area contributed by atoms with Gasteiger partial charge in [-0.25, -0.2) is 4.79 Å². The SMILES string of the molecule is C=C/C(=C(\C(Cl)=C/C)N1CCCN(C(=O)Nc2cccc(Cl)c2)CC1)C1CC1. The van der Waals surface area contributed by atoms with Gasteiger partial charge in [0.15, 0.2) is 0 Å². The molecule has 1 aliphatic heterocycles. The molecule has 0 aromatic heterocycles. The van der Waals surface area contributed by atoms with E-state index in [1.54, 1.807) is 12.1 Å². The third kappa shape index (κ3) is 5.12. The van der Waals surface area contributed by atoms with E-state index in [-0.39, 0.29) is 6.03 Å². The zero-order valence-electron chi connectivity index (χ0n) is 16.3. The maximum absolute atomic E-state index is 12.7. The van der Waals surface area contributed by atoms with Gasteiger partial charge in [0.2, 0.25) is 0 Å². The molecule has 1 heterocycles. The minimum atomic E-state index is -0.0992. The Labute approximate surface area is 177 Å². The second kappa shape index (κ2) is 9.53. The number of halogens is 2. The van der Waals surface area contributed by atoms with Crippen molar-refractivity contribution in [2.24, 2.45) is 5.92 Å². The average molecular weight is 420 g/mol. The number of urea groups is 1. The van der Waals surface area contributed by atoms with E-state index in [1.807, 2.05) is 36.1 Å². The summed E-state index contributed by atoms with van der Waals surface area (Å²) in [5.74, 6) is 0.562. The van der Waals surface area contributed by atoms with Crippen LogP contribution >= 0.6 is 23.2 Å². The molecule has 2 aliphatic rings. The molecule has 0 atom stereocenters.